The van der Waals surface area contributed by atoms with Gasteiger partial charge in [-0.15, -0.1) is 0 Å². The maximum Gasteiger partial charge on any atom is 0.135 e. The van der Waals surface area contributed by atoms with Gasteiger partial charge in [-0.1, -0.05) is 113 Å². The van der Waals surface area contributed by atoms with Gasteiger partial charge in [0.1, 0.15) is 11.5 Å². The molecular formula is C42H48N2O2. The molecule has 0 amide bonds. The van der Waals surface area contributed by atoms with Gasteiger partial charge in [-0.2, -0.15) is 0 Å². The second kappa shape index (κ2) is 16.6. The first-order valence-electron chi connectivity index (χ1n) is 16.9. The zero-order valence-corrected chi connectivity index (χ0v) is 27.4. The summed E-state index contributed by atoms with van der Waals surface area (Å²) < 4.78 is 13.4. The fraction of sp³-hybridized carbons (Fsp3) is 0.286. The average Bonchev–Trinajstić information content (AvgIpc) is 3.08. The normalized spacial score (nSPS) is 11.7. The van der Waals surface area contributed by atoms with Crippen molar-refractivity contribution in [3.63, 3.8) is 0 Å². The molecule has 0 radical (unpaired) electrons. The molecule has 0 saturated heterocycles. The monoisotopic (exact) mass is 612 g/mol. The molecule has 5 aromatic rings. The van der Waals surface area contributed by atoms with Crippen LogP contribution < -0.4 is 20.9 Å². The fourth-order valence-corrected chi connectivity index (χ4v) is 5.71. The van der Waals surface area contributed by atoms with Crippen molar-refractivity contribution in [2.75, 3.05) is 24.7 Å². The van der Waals surface area contributed by atoms with Crippen LogP contribution >= 0.6 is 0 Å². The van der Waals surface area contributed by atoms with Gasteiger partial charge in [0.25, 0.3) is 0 Å². The number of hydrogen-bond donors (Lipinski definition) is 2. The molecule has 0 spiro atoms. The first-order valence-corrected chi connectivity index (χ1v) is 16.9. The topological polar surface area (TPSA) is 70.5 Å². The van der Waals surface area contributed by atoms with Crippen LogP contribution in [-0.2, 0) is 0 Å². The molecule has 5 rings (SSSR count). The van der Waals surface area contributed by atoms with Crippen LogP contribution in [0.4, 0.5) is 11.4 Å². The second-order valence-electron chi connectivity index (χ2n) is 12.1. The third-order valence-electron chi connectivity index (χ3n) is 8.36. The summed E-state index contributed by atoms with van der Waals surface area (Å²) in [6.45, 7) is 5.85. The van der Waals surface area contributed by atoms with Crippen LogP contribution in [0.3, 0.4) is 0 Å². The predicted molar refractivity (Wildman–Crippen MR) is 200 cm³/mol. The van der Waals surface area contributed by atoms with Crippen LogP contribution in [0.15, 0.2) is 84.9 Å². The number of unbranched alkanes of at least 4 members (excludes halogenated alkanes) is 6. The fourth-order valence-electron chi connectivity index (χ4n) is 5.71. The maximum atomic E-state index is 6.68. The van der Waals surface area contributed by atoms with Gasteiger partial charge >= 0.3 is 0 Å². The first-order chi connectivity index (χ1) is 22.6. The lowest BCUT2D eigenvalue weighted by Crippen LogP contribution is -2.03. The molecule has 0 heterocycles. The highest BCUT2D eigenvalue weighted by Gasteiger charge is 2.17. The van der Waals surface area contributed by atoms with Gasteiger partial charge in [0.2, 0.25) is 0 Å². The Hall–Kier alpha value is -4.70. The molecule has 0 aliphatic rings. The summed E-state index contributed by atoms with van der Waals surface area (Å²) in [6, 6.07) is 29.1. The minimum atomic E-state index is 0.686. The number of nitrogens with two attached hydrogens (primary N) is 2. The van der Waals surface area contributed by atoms with Crippen LogP contribution in [0.25, 0.3) is 45.8 Å². The van der Waals surface area contributed by atoms with Crippen LogP contribution in [-0.4, -0.2) is 13.2 Å². The van der Waals surface area contributed by atoms with Crippen molar-refractivity contribution in [1.82, 2.24) is 0 Å². The van der Waals surface area contributed by atoms with E-state index >= 15 is 0 Å². The molecule has 0 aliphatic carbocycles. The molecule has 4 nitrogen and oxygen atoms in total. The molecule has 238 valence electrons. The maximum absolute atomic E-state index is 6.68. The zero-order valence-electron chi connectivity index (χ0n) is 27.4. The summed E-state index contributed by atoms with van der Waals surface area (Å²) >= 11 is 0. The van der Waals surface area contributed by atoms with Crippen molar-refractivity contribution in [1.29, 1.82) is 0 Å². The summed E-state index contributed by atoms with van der Waals surface area (Å²) in [5.41, 5.74) is 17.8. The average molecular weight is 613 g/mol. The molecule has 0 saturated carbocycles. The summed E-state index contributed by atoms with van der Waals surface area (Å²) in [4.78, 5) is 0. The summed E-state index contributed by atoms with van der Waals surface area (Å²) in [6.07, 6.45) is 17.8. The lowest BCUT2D eigenvalue weighted by Gasteiger charge is -2.19. The Labute approximate surface area is 274 Å². The lowest BCUT2D eigenvalue weighted by molar-refractivity contribution is 0.307. The van der Waals surface area contributed by atoms with E-state index < -0.39 is 0 Å². The Kier molecular flexibility index (Phi) is 11.8. The van der Waals surface area contributed by atoms with Gasteiger partial charge in [-0.05, 0) is 83.6 Å². The van der Waals surface area contributed by atoms with E-state index in [2.05, 4.69) is 74.5 Å². The van der Waals surface area contributed by atoms with E-state index in [-0.39, 0.29) is 0 Å². The van der Waals surface area contributed by atoms with E-state index in [1.807, 2.05) is 48.5 Å². The lowest BCUT2D eigenvalue weighted by atomic mass is 9.96. The number of fused-ring (bicyclic) bond motifs is 2. The van der Waals surface area contributed by atoms with Gasteiger partial charge < -0.3 is 20.9 Å². The molecule has 0 bridgehead atoms. The molecule has 0 unspecified atom stereocenters. The highest BCUT2D eigenvalue weighted by Crippen LogP contribution is 2.44. The number of anilines is 2. The third kappa shape index (κ3) is 8.72. The Morgan fingerprint density at radius 3 is 1.20 bits per heavy atom. The van der Waals surface area contributed by atoms with Crippen LogP contribution in [0.1, 0.15) is 87.5 Å². The highest BCUT2D eigenvalue weighted by molar-refractivity contribution is 6.12. The molecule has 4 heteroatoms. The van der Waals surface area contributed by atoms with Gasteiger partial charge in [-0.25, -0.2) is 0 Å². The molecule has 0 aliphatic heterocycles. The minimum Gasteiger partial charge on any atom is -0.492 e. The van der Waals surface area contributed by atoms with Crippen molar-refractivity contribution in [2.45, 2.75) is 65.2 Å². The minimum absolute atomic E-state index is 0.686. The van der Waals surface area contributed by atoms with Gasteiger partial charge in [0.15, 0.2) is 0 Å². The molecule has 0 atom stereocenters. The van der Waals surface area contributed by atoms with E-state index in [0.29, 0.717) is 13.2 Å². The summed E-state index contributed by atoms with van der Waals surface area (Å²) in [5.74, 6) is 1.85. The number of ether oxygens (including phenoxy) is 2. The quantitative estimate of drug-likeness (QED) is 0.0503. The molecular weight excluding hydrogens is 564 g/mol. The molecule has 46 heavy (non-hydrogen) atoms. The Balaban J connectivity index is 1.59. The van der Waals surface area contributed by atoms with E-state index in [1.54, 1.807) is 0 Å². The predicted octanol–water partition coefficient (Wildman–Crippen LogP) is 11.4. The van der Waals surface area contributed by atoms with E-state index in [4.69, 9.17) is 20.9 Å². The first kappa shape index (κ1) is 32.7. The number of rotatable bonds is 16. The summed E-state index contributed by atoms with van der Waals surface area (Å²) in [7, 11) is 0. The zero-order chi connectivity index (χ0) is 32.1. The van der Waals surface area contributed by atoms with Gasteiger partial charge in [0, 0.05) is 32.9 Å². The molecule has 4 N–H and O–H groups in total. The SMILES string of the molecule is CCCCCCOc1c2ccc(C=Cc3ccc(N)cc3)cc2c(OCCCCCC)c2ccc(C=Cc3ccc(N)cc3)cc12. The smallest absolute Gasteiger partial charge is 0.135 e. The van der Waals surface area contributed by atoms with Crippen LogP contribution in [0.5, 0.6) is 11.5 Å². The largest absolute Gasteiger partial charge is 0.492 e. The Morgan fingerprint density at radius 1 is 0.435 bits per heavy atom. The van der Waals surface area contributed by atoms with E-state index in [1.165, 1.54) is 38.5 Å². The standard InChI is InChI=1S/C42H48N2O2/c1-3-5-7-9-27-45-41-37-25-19-34(14-12-32-17-23-36(44)24-18-32)30-40(37)42(46-28-10-8-6-4-2)38-26-20-33(29-39(38)41)13-11-31-15-21-35(43)22-16-31/h11-26,29-30H,3-10,27-28,43-44H2,1-2H3. The summed E-state index contributed by atoms with van der Waals surface area (Å²) in [5, 5.41) is 4.32. The Bertz CT molecular complexity index is 1640. The molecule has 0 fully saturated rings. The number of benzene rings is 5. The van der Waals surface area contributed by atoms with E-state index in [9.17, 15) is 0 Å². The van der Waals surface area contributed by atoms with Crippen molar-refractivity contribution >= 4 is 57.2 Å². The van der Waals surface area contributed by atoms with Gasteiger partial charge in [-0.3, -0.25) is 0 Å². The van der Waals surface area contributed by atoms with Crippen molar-refractivity contribution in [3.8, 4) is 11.5 Å². The second-order valence-corrected chi connectivity index (χ2v) is 12.1. The van der Waals surface area contributed by atoms with Gasteiger partial charge in [0.05, 0.1) is 13.2 Å². The number of hydrogen-bond acceptors (Lipinski definition) is 4. The molecule has 5 aromatic carbocycles. The number of nitrogen functional groups attached to an aromatic ring is 2. The van der Waals surface area contributed by atoms with E-state index in [0.717, 1.165) is 79.5 Å². The highest BCUT2D eigenvalue weighted by atomic mass is 16.5. The van der Waals surface area contributed by atoms with Crippen molar-refractivity contribution in [2.24, 2.45) is 0 Å². The van der Waals surface area contributed by atoms with Crippen molar-refractivity contribution in [3.05, 3.63) is 107 Å². The van der Waals surface area contributed by atoms with Crippen molar-refractivity contribution < 1.29 is 9.47 Å². The van der Waals surface area contributed by atoms with Crippen LogP contribution in [0.2, 0.25) is 0 Å². The van der Waals surface area contributed by atoms with Crippen LogP contribution in [0, 0.1) is 0 Å². The Morgan fingerprint density at radius 2 is 0.804 bits per heavy atom. The molecule has 0 aromatic heterocycles. The third-order valence-corrected chi connectivity index (χ3v) is 8.36.